The summed E-state index contributed by atoms with van der Waals surface area (Å²) in [5, 5.41) is 33.0. The van der Waals surface area contributed by atoms with Gasteiger partial charge in [-0.05, 0) is 48.3 Å². The Hall–Kier alpha value is -6.38. The predicted octanol–water partition coefficient (Wildman–Crippen LogP) is 2.63. The van der Waals surface area contributed by atoms with Crippen LogP contribution < -0.4 is 31.9 Å². The first-order valence-corrected chi connectivity index (χ1v) is 21.2. The summed E-state index contributed by atoms with van der Waals surface area (Å²) in [5.74, 6) is -9.15. The lowest BCUT2D eigenvalue weighted by atomic mass is 9.85. The second kappa shape index (κ2) is 25.9. The van der Waals surface area contributed by atoms with Crippen molar-refractivity contribution in [1.29, 1.82) is 0 Å². The number of ether oxygens (including phenoxy) is 1. The molecule has 0 aromatic heterocycles. The molecule has 18 nitrogen and oxygen atoms in total. The number of aliphatic carboxylic acids is 2. The van der Waals surface area contributed by atoms with Crippen LogP contribution in [0.3, 0.4) is 0 Å². The molecule has 66 heavy (non-hydrogen) atoms. The molecular formula is C45H61F3N6O12. The van der Waals surface area contributed by atoms with Gasteiger partial charge in [0.05, 0.1) is 38.0 Å². The number of rotatable bonds is 26. The van der Waals surface area contributed by atoms with Gasteiger partial charge in [0.15, 0.2) is 0 Å². The van der Waals surface area contributed by atoms with E-state index >= 15 is 0 Å². The molecule has 6 amide bonds. The number of carboxylic acid groups (broad SMARTS) is 2. The number of nitrogens with one attached hydrogen (secondary N) is 6. The third-order valence-corrected chi connectivity index (χ3v) is 10.0. The van der Waals surface area contributed by atoms with Crippen LogP contribution in [0.25, 0.3) is 0 Å². The minimum Gasteiger partial charge on any atom is -0.481 e. The second-order valence-electron chi connectivity index (χ2n) is 17.4. The number of benzene rings is 2. The van der Waals surface area contributed by atoms with Crippen LogP contribution in [0.5, 0.6) is 0 Å². The van der Waals surface area contributed by atoms with Gasteiger partial charge in [0.25, 0.3) is 0 Å². The van der Waals surface area contributed by atoms with Gasteiger partial charge in [0.2, 0.25) is 35.4 Å². The van der Waals surface area contributed by atoms with E-state index in [-0.39, 0.29) is 31.7 Å². The molecule has 0 radical (unpaired) electrons. The number of aryl methyl sites for hydroxylation is 1. The molecule has 0 aliphatic rings. The standard InChI is InChI=1S/C45H61F3N6O12/c1-25(2)19-31(39(61)49-30(23-55)22-45(46,47)48)52-43(65)38(44(5,6)7)54-41(63)32(20-29-16-12-11-13-26(29)3)51-42(64)37(27(4)66-24-28-14-9-8-10-15-28)53-40(62)33(21-36(59)60)50-34(56)17-18-35(57)58/h8-16,23,25,27,30-33,37-38H,17-22,24H2,1-7H3,(H,49,61)(H,50,56)(H,51,64)(H,52,65)(H,53,62)(H,54,63)(H,57,58)(H,59,60)/t27?,30?,31-,32-,33-,37+,38+/m0/s1. The number of amides is 6. The SMILES string of the molecule is Cc1ccccc1C[C@H](NC(=O)[C@H](NC(=O)[C@H](CC(=O)O)NC(=O)CCC(=O)O)C(C)OCc1ccccc1)C(=O)N[C@H](C(=O)N[C@@H](CC(C)C)C(=O)NC(C=O)CC(F)(F)F)C(C)(C)C. The number of halogens is 3. The summed E-state index contributed by atoms with van der Waals surface area (Å²) in [6, 6.07) is 5.76. The van der Waals surface area contributed by atoms with Crippen LogP contribution in [0.15, 0.2) is 54.6 Å². The van der Waals surface area contributed by atoms with E-state index < -0.39 is 127 Å². The van der Waals surface area contributed by atoms with Crippen molar-refractivity contribution < 1.29 is 71.3 Å². The average Bonchev–Trinajstić information content (AvgIpc) is 3.21. The van der Waals surface area contributed by atoms with Crippen LogP contribution in [0.1, 0.15) is 90.3 Å². The van der Waals surface area contributed by atoms with Crippen molar-refractivity contribution in [1.82, 2.24) is 31.9 Å². The summed E-state index contributed by atoms with van der Waals surface area (Å²) in [5.41, 5.74) is 0.843. The third kappa shape index (κ3) is 20.2. The number of carboxylic acids is 2. The molecule has 0 heterocycles. The lowest BCUT2D eigenvalue weighted by Gasteiger charge is -2.34. The molecule has 0 aliphatic heterocycles. The van der Waals surface area contributed by atoms with Gasteiger partial charge < -0.3 is 51.6 Å². The van der Waals surface area contributed by atoms with Crippen LogP contribution in [-0.2, 0) is 60.9 Å². The highest BCUT2D eigenvalue weighted by Crippen LogP contribution is 2.23. The Morgan fingerprint density at radius 3 is 1.80 bits per heavy atom. The van der Waals surface area contributed by atoms with Crippen LogP contribution in [-0.4, -0.2) is 112 Å². The molecule has 0 saturated carbocycles. The number of carbonyl (C=O) groups excluding carboxylic acids is 7. The molecule has 21 heteroatoms. The predicted molar refractivity (Wildman–Crippen MR) is 232 cm³/mol. The van der Waals surface area contributed by atoms with E-state index in [1.54, 1.807) is 96.1 Å². The first-order valence-electron chi connectivity index (χ1n) is 21.2. The van der Waals surface area contributed by atoms with E-state index in [2.05, 4.69) is 26.6 Å². The second-order valence-corrected chi connectivity index (χ2v) is 17.4. The molecule has 2 unspecified atom stereocenters. The van der Waals surface area contributed by atoms with Gasteiger partial charge >= 0.3 is 18.1 Å². The molecular weight excluding hydrogens is 874 g/mol. The fourth-order valence-electron chi connectivity index (χ4n) is 6.49. The number of hydrogen-bond donors (Lipinski definition) is 8. The summed E-state index contributed by atoms with van der Waals surface area (Å²) >= 11 is 0. The number of carbonyl (C=O) groups is 9. The summed E-state index contributed by atoms with van der Waals surface area (Å²) < 4.78 is 45.3. The topological polar surface area (TPSA) is 275 Å². The van der Waals surface area contributed by atoms with Gasteiger partial charge in [-0.1, -0.05) is 89.2 Å². The number of aldehydes is 1. The maximum absolute atomic E-state index is 14.5. The highest BCUT2D eigenvalue weighted by atomic mass is 19.4. The molecule has 2 rings (SSSR count). The minimum absolute atomic E-state index is 0.0653. The zero-order chi connectivity index (χ0) is 49.9. The van der Waals surface area contributed by atoms with Crippen molar-refractivity contribution in [3.8, 4) is 0 Å². The van der Waals surface area contributed by atoms with Crippen molar-refractivity contribution in [2.75, 3.05) is 0 Å². The summed E-state index contributed by atoms with van der Waals surface area (Å²) in [4.78, 5) is 117. The van der Waals surface area contributed by atoms with Crippen LogP contribution in [0.4, 0.5) is 13.2 Å². The molecule has 0 bridgehead atoms. The lowest BCUT2D eigenvalue weighted by Crippen LogP contribution is -2.63. The zero-order valence-electron chi connectivity index (χ0n) is 38.0. The van der Waals surface area contributed by atoms with Crippen molar-refractivity contribution >= 4 is 53.7 Å². The van der Waals surface area contributed by atoms with E-state index in [1.165, 1.54) is 6.92 Å². The van der Waals surface area contributed by atoms with E-state index in [4.69, 9.17) is 9.84 Å². The fraction of sp³-hybridized carbons (Fsp3) is 0.533. The highest BCUT2D eigenvalue weighted by molar-refractivity contribution is 5.98. The van der Waals surface area contributed by atoms with Gasteiger partial charge in [-0.15, -0.1) is 0 Å². The molecule has 7 atom stereocenters. The van der Waals surface area contributed by atoms with Gasteiger partial charge in [0.1, 0.15) is 36.5 Å². The lowest BCUT2D eigenvalue weighted by molar-refractivity contribution is -0.147. The average molecular weight is 935 g/mol. The van der Waals surface area contributed by atoms with Crippen LogP contribution in [0.2, 0.25) is 0 Å². The minimum atomic E-state index is -4.79. The maximum Gasteiger partial charge on any atom is 0.391 e. The summed E-state index contributed by atoms with van der Waals surface area (Å²) in [6.07, 6.45) is -10.1. The largest absolute Gasteiger partial charge is 0.481 e. The molecule has 364 valence electrons. The maximum atomic E-state index is 14.5. The van der Waals surface area contributed by atoms with Gasteiger partial charge in [-0.2, -0.15) is 13.2 Å². The normalized spacial score (nSPS) is 14.8. The van der Waals surface area contributed by atoms with Gasteiger partial charge in [-0.3, -0.25) is 38.4 Å². The first-order chi connectivity index (χ1) is 30.7. The Morgan fingerprint density at radius 2 is 1.26 bits per heavy atom. The highest BCUT2D eigenvalue weighted by Gasteiger charge is 2.40. The smallest absolute Gasteiger partial charge is 0.391 e. The molecule has 2 aromatic carbocycles. The molecule has 0 aliphatic carbocycles. The summed E-state index contributed by atoms with van der Waals surface area (Å²) in [7, 11) is 0. The fourth-order valence-corrected chi connectivity index (χ4v) is 6.49. The summed E-state index contributed by atoms with van der Waals surface area (Å²) in [6.45, 7) is 11.2. The molecule has 2 aromatic rings. The van der Waals surface area contributed by atoms with E-state index in [9.17, 15) is 61.4 Å². The van der Waals surface area contributed by atoms with Crippen molar-refractivity contribution in [2.45, 2.75) is 142 Å². The van der Waals surface area contributed by atoms with Gasteiger partial charge in [-0.25, -0.2) is 0 Å². The quantitative estimate of drug-likeness (QED) is 0.0633. The van der Waals surface area contributed by atoms with Crippen LogP contribution in [0, 0.1) is 18.3 Å². The molecule has 0 spiro atoms. The number of alkyl halides is 3. The molecule has 0 fully saturated rings. The Labute approximate surface area is 380 Å². The van der Waals surface area contributed by atoms with E-state index in [0.29, 0.717) is 16.7 Å². The van der Waals surface area contributed by atoms with Crippen molar-refractivity contribution in [2.24, 2.45) is 11.3 Å². The first kappa shape index (κ1) is 55.8. The number of hydrogen-bond acceptors (Lipinski definition) is 10. The van der Waals surface area contributed by atoms with Crippen molar-refractivity contribution in [3.63, 3.8) is 0 Å². The van der Waals surface area contributed by atoms with Crippen molar-refractivity contribution in [3.05, 3.63) is 71.3 Å². The van der Waals surface area contributed by atoms with E-state index in [0.717, 1.165) is 0 Å². The van der Waals surface area contributed by atoms with Crippen LogP contribution >= 0.6 is 0 Å². The third-order valence-electron chi connectivity index (χ3n) is 10.0. The van der Waals surface area contributed by atoms with E-state index in [1.807, 2.05) is 5.32 Å². The Bertz CT molecular complexity index is 2010. The zero-order valence-corrected chi connectivity index (χ0v) is 38.0. The molecule has 0 saturated heterocycles. The molecule has 8 N–H and O–H groups in total. The Balaban J connectivity index is 2.56. The Morgan fingerprint density at radius 1 is 0.682 bits per heavy atom. The van der Waals surface area contributed by atoms with Gasteiger partial charge in [0, 0.05) is 12.8 Å². The monoisotopic (exact) mass is 934 g/mol. The Kier molecular flexibility index (Phi) is 21.9.